The maximum absolute atomic E-state index is 9.57. The number of hydrogen-bond acceptors (Lipinski definition) is 9. The van der Waals surface area contributed by atoms with E-state index in [1.807, 2.05) is 55.6 Å². The summed E-state index contributed by atoms with van der Waals surface area (Å²) >= 11 is 0. The van der Waals surface area contributed by atoms with Crippen molar-refractivity contribution in [3.63, 3.8) is 0 Å². The number of hydrogen-bond donors (Lipinski definition) is 3. The summed E-state index contributed by atoms with van der Waals surface area (Å²) in [6.07, 6.45) is 5.05. The number of methoxy groups -OCH3 is 2. The number of nitrogens with zero attached hydrogens (tertiary/aromatic N) is 3. The van der Waals surface area contributed by atoms with Crippen molar-refractivity contribution in [3.05, 3.63) is 60.4 Å². The Labute approximate surface area is 215 Å². The lowest BCUT2D eigenvalue weighted by atomic mass is 10.1. The first-order valence-electron chi connectivity index (χ1n) is 12.1. The van der Waals surface area contributed by atoms with Crippen molar-refractivity contribution in [2.45, 2.75) is 18.8 Å². The zero-order chi connectivity index (χ0) is 26.0. The number of fused-ring (bicyclic) bond motifs is 1. The fraction of sp³-hybridized carbons (Fsp3) is 0.333. The normalized spacial score (nSPS) is 14.2. The molecule has 2 aromatic carbocycles. The molecular formula is C27H32N6O4. The maximum Gasteiger partial charge on any atom is 0.257 e. The van der Waals surface area contributed by atoms with Gasteiger partial charge in [-0.1, -0.05) is 12.1 Å². The van der Waals surface area contributed by atoms with Crippen molar-refractivity contribution >= 4 is 34.5 Å². The molecule has 0 bridgehead atoms. The summed E-state index contributed by atoms with van der Waals surface area (Å²) < 4.78 is 15.5. The van der Waals surface area contributed by atoms with E-state index in [1.54, 1.807) is 20.4 Å². The van der Waals surface area contributed by atoms with Crippen LogP contribution < -0.4 is 20.1 Å². The van der Waals surface area contributed by atoms with E-state index < -0.39 is 0 Å². The second-order valence-electron chi connectivity index (χ2n) is 8.58. The summed E-state index contributed by atoms with van der Waals surface area (Å²) in [5.41, 5.74) is 2.95. The first-order valence-corrected chi connectivity index (χ1v) is 12.1. The van der Waals surface area contributed by atoms with Crippen LogP contribution in [0.3, 0.4) is 0 Å². The third-order valence-electron chi connectivity index (χ3n) is 5.91. The molecule has 10 heteroatoms. The van der Waals surface area contributed by atoms with E-state index in [9.17, 15) is 4.79 Å². The van der Waals surface area contributed by atoms with Gasteiger partial charge in [0.2, 0.25) is 0 Å². The predicted molar refractivity (Wildman–Crippen MR) is 143 cm³/mol. The first kappa shape index (κ1) is 25.9. The molecule has 2 aromatic heterocycles. The Balaban J connectivity index is 0.000000175. The lowest BCUT2D eigenvalue weighted by Gasteiger charge is -2.25. The smallest absolute Gasteiger partial charge is 0.257 e. The number of rotatable bonds is 7. The molecule has 6 rings (SSSR count). The Morgan fingerprint density at radius 2 is 1.78 bits per heavy atom. The summed E-state index contributed by atoms with van der Waals surface area (Å²) in [5.74, 6) is 3.34. The van der Waals surface area contributed by atoms with E-state index >= 15 is 0 Å². The van der Waals surface area contributed by atoms with Gasteiger partial charge in [-0.3, -0.25) is 5.10 Å². The number of benzene rings is 2. The molecule has 10 nitrogen and oxygen atoms in total. The van der Waals surface area contributed by atoms with Crippen molar-refractivity contribution < 1.29 is 19.0 Å². The molecule has 37 heavy (non-hydrogen) atoms. The van der Waals surface area contributed by atoms with Crippen LogP contribution in [-0.4, -0.2) is 60.9 Å². The van der Waals surface area contributed by atoms with Gasteiger partial charge in [0.15, 0.2) is 11.6 Å². The van der Waals surface area contributed by atoms with E-state index in [-0.39, 0.29) is 0 Å². The van der Waals surface area contributed by atoms with Crippen LogP contribution >= 0.6 is 0 Å². The number of aromatic amines is 1. The Hall–Kier alpha value is -4.18. The molecule has 4 aromatic rings. The summed E-state index contributed by atoms with van der Waals surface area (Å²) in [6.45, 7) is 1.37. The fourth-order valence-electron chi connectivity index (χ4n) is 3.39. The minimum Gasteiger partial charge on any atom is -0.497 e. The maximum atomic E-state index is 9.57. The number of aldehydes is 1. The van der Waals surface area contributed by atoms with Crippen LogP contribution in [0.5, 0.6) is 11.6 Å². The zero-order valence-electron chi connectivity index (χ0n) is 21.2. The highest BCUT2D eigenvalue weighted by atomic mass is 16.5. The van der Waals surface area contributed by atoms with E-state index in [4.69, 9.17) is 14.2 Å². The van der Waals surface area contributed by atoms with Gasteiger partial charge in [0.25, 0.3) is 5.88 Å². The summed E-state index contributed by atoms with van der Waals surface area (Å²) in [4.78, 5) is 18.5. The Morgan fingerprint density at radius 1 is 1.03 bits per heavy atom. The minimum absolute atomic E-state index is 0.301. The number of para-hydroxylation sites is 1. The van der Waals surface area contributed by atoms with Gasteiger partial charge in [-0.2, -0.15) is 5.10 Å². The van der Waals surface area contributed by atoms with E-state index in [0.717, 1.165) is 47.2 Å². The number of anilines is 3. The Bertz CT molecular complexity index is 1260. The fourth-order valence-corrected chi connectivity index (χ4v) is 3.39. The topological polar surface area (TPSA) is 123 Å². The van der Waals surface area contributed by atoms with Crippen LogP contribution in [0.25, 0.3) is 10.9 Å². The molecule has 3 heterocycles. The highest BCUT2D eigenvalue weighted by Gasteiger charge is 2.24. The highest BCUT2D eigenvalue weighted by molar-refractivity contribution is 5.91. The molecule has 1 aliphatic heterocycles. The number of carbonyl (C=O) groups excluding carboxylic acids is 1. The predicted octanol–water partition coefficient (Wildman–Crippen LogP) is 4.55. The number of nitrogens with one attached hydrogen (secondary N) is 3. The second-order valence-corrected chi connectivity index (χ2v) is 8.58. The number of H-pyrrole nitrogens is 1. The number of carbonyl (C=O) groups is 1. The third-order valence-corrected chi connectivity index (χ3v) is 5.91. The Kier molecular flexibility index (Phi) is 8.88. The van der Waals surface area contributed by atoms with Gasteiger partial charge in [0.05, 0.1) is 44.8 Å². The molecule has 1 saturated heterocycles. The zero-order valence-corrected chi connectivity index (χ0v) is 21.2. The minimum atomic E-state index is 0.301. The molecule has 1 saturated carbocycles. The van der Waals surface area contributed by atoms with Gasteiger partial charge < -0.3 is 29.6 Å². The van der Waals surface area contributed by atoms with Gasteiger partial charge in [-0.05, 0) is 49.2 Å². The van der Waals surface area contributed by atoms with Crippen LogP contribution in [0.2, 0.25) is 0 Å². The molecule has 0 amide bonds. The molecule has 1 aliphatic carbocycles. The molecule has 0 atom stereocenters. The van der Waals surface area contributed by atoms with Crippen LogP contribution in [0.1, 0.15) is 24.5 Å². The molecule has 3 N–H and O–H groups in total. The quantitative estimate of drug-likeness (QED) is 0.311. The number of aromatic nitrogens is 4. The second kappa shape index (κ2) is 12.7. The van der Waals surface area contributed by atoms with Crippen molar-refractivity contribution in [2.75, 3.05) is 45.1 Å². The van der Waals surface area contributed by atoms with Gasteiger partial charge in [0, 0.05) is 30.0 Å². The monoisotopic (exact) mass is 504 g/mol. The van der Waals surface area contributed by atoms with Gasteiger partial charge in [0.1, 0.15) is 12.0 Å². The van der Waals surface area contributed by atoms with Gasteiger partial charge in [-0.15, -0.1) is 0 Å². The largest absolute Gasteiger partial charge is 0.497 e. The van der Waals surface area contributed by atoms with Crippen LogP contribution in [0.15, 0.2) is 54.7 Å². The van der Waals surface area contributed by atoms with E-state index in [2.05, 4.69) is 30.8 Å². The average Bonchev–Trinajstić information content (AvgIpc) is 3.69. The van der Waals surface area contributed by atoms with Crippen molar-refractivity contribution in [3.8, 4) is 11.6 Å². The van der Waals surface area contributed by atoms with Gasteiger partial charge in [-0.25, -0.2) is 9.97 Å². The highest BCUT2D eigenvalue weighted by Crippen LogP contribution is 2.30. The van der Waals surface area contributed by atoms with E-state index in [1.165, 1.54) is 0 Å². The van der Waals surface area contributed by atoms with Crippen LogP contribution in [-0.2, 0) is 9.53 Å². The molecule has 2 aliphatic rings. The van der Waals surface area contributed by atoms with E-state index in [0.29, 0.717) is 42.6 Å². The third kappa shape index (κ3) is 6.95. The molecule has 0 spiro atoms. The molecule has 0 unspecified atom stereocenters. The molecule has 194 valence electrons. The standard InChI is InChI=1S/C15H15N5O2.C8H11NO.C4H6O/c1-21-15-14(17-12(6-16-15)9-7-22-8-9)18-13-10-4-2-3-5-11(10)19-20-13;1-9-7-3-5-8(10-2)6-4-7;5-3-4-1-2-4/h2-6,9H,7-8H2,1H3,(H2,17,18,19,20);3-6,9H,1-2H3;3-4H,1-2H2. The molecule has 0 radical (unpaired) electrons. The molecule has 2 fully saturated rings. The lowest BCUT2D eigenvalue weighted by Crippen LogP contribution is -2.26. The lowest BCUT2D eigenvalue weighted by molar-refractivity contribution is -0.108. The van der Waals surface area contributed by atoms with Crippen molar-refractivity contribution in [1.82, 2.24) is 20.2 Å². The molecular weight excluding hydrogens is 472 g/mol. The van der Waals surface area contributed by atoms with Gasteiger partial charge >= 0.3 is 0 Å². The van der Waals surface area contributed by atoms with Crippen molar-refractivity contribution in [2.24, 2.45) is 5.92 Å². The van der Waals surface area contributed by atoms with Crippen molar-refractivity contribution in [1.29, 1.82) is 0 Å². The summed E-state index contributed by atoms with van der Waals surface area (Å²) in [7, 11) is 5.13. The van der Waals surface area contributed by atoms with Crippen LogP contribution in [0.4, 0.5) is 17.3 Å². The SMILES string of the molecule is CNc1ccc(OC)cc1.COc1ncc(C2COC2)nc1Nc1n[nH]c2ccccc12.O=CC1CC1. The first-order chi connectivity index (χ1) is 18.1. The Morgan fingerprint density at radius 3 is 2.35 bits per heavy atom. The summed E-state index contributed by atoms with van der Waals surface area (Å²) in [5, 5.41) is 14.5. The van der Waals surface area contributed by atoms with Crippen LogP contribution in [0, 0.1) is 5.92 Å². The number of ether oxygens (including phenoxy) is 3. The average molecular weight is 505 g/mol. The summed E-state index contributed by atoms with van der Waals surface area (Å²) in [6, 6.07) is 15.7.